The second-order valence-electron chi connectivity index (χ2n) is 2.90. The van der Waals surface area contributed by atoms with Crippen LogP contribution in [0.1, 0.15) is 6.92 Å². The zero-order chi connectivity index (χ0) is 12.8. The number of nitrogen functional groups attached to an aromatic ring is 1. The summed E-state index contributed by atoms with van der Waals surface area (Å²) in [7, 11) is 0. The quantitative estimate of drug-likeness (QED) is 0.365. The number of nitrogens with two attached hydrogens (primary N) is 1. The van der Waals surface area contributed by atoms with Crippen LogP contribution in [0.5, 0.6) is 0 Å². The number of thioether (sulfide) groups is 1. The fourth-order valence-electron chi connectivity index (χ4n) is 1.02. The zero-order valence-electron chi connectivity index (χ0n) is 9.08. The van der Waals surface area contributed by atoms with Gasteiger partial charge in [0.25, 0.3) is 0 Å². The lowest BCUT2D eigenvalue weighted by Crippen LogP contribution is -2.07. The van der Waals surface area contributed by atoms with Gasteiger partial charge in [-0.1, -0.05) is 11.8 Å². The molecule has 1 rings (SSSR count). The maximum atomic E-state index is 11.1. The van der Waals surface area contributed by atoms with Crippen LogP contribution in [-0.4, -0.2) is 28.2 Å². The molecule has 0 fully saturated rings. The van der Waals surface area contributed by atoms with Crippen LogP contribution in [-0.2, 0) is 9.53 Å². The van der Waals surface area contributed by atoms with Gasteiger partial charge >= 0.3 is 11.7 Å². The Labute approximate surface area is 102 Å². The third-order valence-electron chi connectivity index (χ3n) is 1.72. The maximum Gasteiger partial charge on any atom is 0.316 e. The lowest BCUT2D eigenvalue weighted by atomic mass is 10.4. The number of hydrogen-bond acceptors (Lipinski definition) is 7. The van der Waals surface area contributed by atoms with Crippen molar-refractivity contribution in [1.82, 2.24) is 4.98 Å². The number of nitro groups is 1. The number of carbonyl (C=O) groups is 1. The second-order valence-corrected chi connectivity index (χ2v) is 3.90. The fraction of sp³-hybridized carbons (Fsp3) is 0.333. The number of ether oxygens (including phenoxy) is 1. The van der Waals surface area contributed by atoms with Crippen molar-refractivity contribution in [1.29, 1.82) is 0 Å². The predicted molar refractivity (Wildman–Crippen MR) is 62.7 cm³/mol. The number of aromatic nitrogens is 1. The van der Waals surface area contributed by atoms with Gasteiger partial charge in [-0.3, -0.25) is 14.9 Å². The molecule has 0 aromatic carbocycles. The first-order chi connectivity index (χ1) is 8.04. The van der Waals surface area contributed by atoms with Gasteiger partial charge in [0.2, 0.25) is 5.82 Å². The molecule has 1 aromatic rings. The molecule has 0 unspecified atom stereocenters. The van der Waals surface area contributed by atoms with Crippen LogP contribution in [0.2, 0.25) is 0 Å². The summed E-state index contributed by atoms with van der Waals surface area (Å²) in [6.45, 7) is 2.03. The molecule has 0 saturated carbocycles. The summed E-state index contributed by atoms with van der Waals surface area (Å²) in [5.74, 6) is -0.432. The van der Waals surface area contributed by atoms with E-state index in [1.165, 1.54) is 12.1 Å². The Morgan fingerprint density at radius 2 is 2.35 bits per heavy atom. The number of rotatable bonds is 5. The van der Waals surface area contributed by atoms with Crippen LogP contribution in [0.15, 0.2) is 17.2 Å². The molecular weight excluding hydrogens is 246 g/mol. The van der Waals surface area contributed by atoms with E-state index in [1.807, 2.05) is 0 Å². The first kappa shape index (κ1) is 13.2. The third-order valence-corrected chi connectivity index (χ3v) is 2.62. The third kappa shape index (κ3) is 3.91. The van der Waals surface area contributed by atoms with Gasteiger partial charge < -0.3 is 10.5 Å². The summed E-state index contributed by atoms with van der Waals surface area (Å²) >= 11 is 1.11. The van der Waals surface area contributed by atoms with E-state index in [9.17, 15) is 14.9 Å². The van der Waals surface area contributed by atoms with E-state index in [0.29, 0.717) is 11.6 Å². The molecule has 0 amide bonds. The molecule has 2 N–H and O–H groups in total. The Morgan fingerprint density at radius 1 is 1.65 bits per heavy atom. The van der Waals surface area contributed by atoms with Gasteiger partial charge in [0.05, 0.1) is 22.3 Å². The molecule has 0 aliphatic heterocycles. The van der Waals surface area contributed by atoms with Crippen LogP contribution in [0.4, 0.5) is 11.5 Å². The molecule has 0 atom stereocenters. The van der Waals surface area contributed by atoms with Gasteiger partial charge in [-0.05, 0) is 13.0 Å². The van der Waals surface area contributed by atoms with Crippen LogP contribution in [0, 0.1) is 10.1 Å². The van der Waals surface area contributed by atoms with Crippen molar-refractivity contribution in [2.45, 2.75) is 11.9 Å². The predicted octanol–water partition coefficient (Wildman–Crippen LogP) is 1.23. The van der Waals surface area contributed by atoms with E-state index in [-0.39, 0.29) is 23.2 Å². The monoisotopic (exact) mass is 257 g/mol. The van der Waals surface area contributed by atoms with E-state index in [4.69, 9.17) is 10.5 Å². The number of anilines is 1. The summed E-state index contributed by atoms with van der Waals surface area (Å²) < 4.78 is 4.73. The van der Waals surface area contributed by atoms with Crippen LogP contribution >= 0.6 is 11.8 Å². The SMILES string of the molecule is CCOC(=O)CSc1ccc([N+](=O)[O-])c(N)n1. The highest BCUT2D eigenvalue weighted by Crippen LogP contribution is 2.23. The van der Waals surface area contributed by atoms with Crippen molar-refractivity contribution in [2.75, 3.05) is 18.1 Å². The van der Waals surface area contributed by atoms with E-state index in [1.54, 1.807) is 6.92 Å². The minimum Gasteiger partial charge on any atom is -0.465 e. The molecule has 0 aliphatic rings. The van der Waals surface area contributed by atoms with Gasteiger partial charge in [0, 0.05) is 6.07 Å². The van der Waals surface area contributed by atoms with Gasteiger partial charge in [-0.25, -0.2) is 4.98 Å². The van der Waals surface area contributed by atoms with Crippen molar-refractivity contribution in [3.05, 3.63) is 22.2 Å². The zero-order valence-corrected chi connectivity index (χ0v) is 9.90. The summed E-state index contributed by atoms with van der Waals surface area (Å²) in [6, 6.07) is 2.70. The van der Waals surface area contributed by atoms with Gasteiger partial charge in [0.1, 0.15) is 0 Å². The standard InChI is InChI=1S/C9H11N3O4S/c1-2-16-8(13)5-17-7-4-3-6(12(14)15)9(10)11-7/h3-4H,2,5H2,1H3,(H2,10,11). The van der Waals surface area contributed by atoms with E-state index in [2.05, 4.69) is 4.98 Å². The highest BCUT2D eigenvalue weighted by Gasteiger charge is 2.13. The summed E-state index contributed by atoms with van der Waals surface area (Å²) in [5.41, 5.74) is 5.16. The number of nitrogens with zero attached hydrogens (tertiary/aromatic N) is 2. The molecule has 0 bridgehead atoms. The Balaban J connectivity index is 2.65. The molecule has 1 aromatic heterocycles. The fourth-order valence-corrected chi connectivity index (χ4v) is 1.70. The molecule has 0 radical (unpaired) electrons. The van der Waals surface area contributed by atoms with Crippen molar-refractivity contribution in [3.63, 3.8) is 0 Å². The molecular formula is C9H11N3O4S. The Morgan fingerprint density at radius 3 is 2.88 bits per heavy atom. The number of esters is 1. The lowest BCUT2D eigenvalue weighted by molar-refractivity contribution is -0.384. The second kappa shape index (κ2) is 6.04. The minimum atomic E-state index is -0.609. The molecule has 7 nitrogen and oxygen atoms in total. The topological polar surface area (TPSA) is 108 Å². The highest BCUT2D eigenvalue weighted by molar-refractivity contribution is 7.99. The normalized spacial score (nSPS) is 9.94. The van der Waals surface area contributed by atoms with Gasteiger partial charge in [-0.2, -0.15) is 0 Å². The van der Waals surface area contributed by atoms with Crippen molar-refractivity contribution in [2.24, 2.45) is 0 Å². The molecule has 1 heterocycles. The first-order valence-corrected chi connectivity index (χ1v) is 5.72. The largest absolute Gasteiger partial charge is 0.465 e. The van der Waals surface area contributed by atoms with Gasteiger partial charge in [0.15, 0.2) is 0 Å². The van der Waals surface area contributed by atoms with Crippen LogP contribution in [0.25, 0.3) is 0 Å². The molecule has 8 heteroatoms. The Kier molecular flexibility index (Phi) is 4.70. The molecule has 0 spiro atoms. The minimum absolute atomic E-state index is 0.0953. The first-order valence-electron chi connectivity index (χ1n) is 4.74. The number of carbonyl (C=O) groups excluding carboxylic acids is 1. The van der Waals surface area contributed by atoms with E-state index >= 15 is 0 Å². The van der Waals surface area contributed by atoms with E-state index in [0.717, 1.165) is 11.8 Å². The maximum absolute atomic E-state index is 11.1. The Hall–Kier alpha value is -1.83. The average molecular weight is 257 g/mol. The van der Waals surface area contributed by atoms with Gasteiger partial charge in [-0.15, -0.1) is 0 Å². The smallest absolute Gasteiger partial charge is 0.316 e. The van der Waals surface area contributed by atoms with Crippen molar-refractivity contribution in [3.8, 4) is 0 Å². The lowest BCUT2D eigenvalue weighted by Gasteiger charge is -2.02. The van der Waals surface area contributed by atoms with Crippen LogP contribution in [0.3, 0.4) is 0 Å². The molecule has 0 saturated heterocycles. The van der Waals surface area contributed by atoms with E-state index < -0.39 is 4.92 Å². The summed E-state index contributed by atoms with van der Waals surface area (Å²) in [6.07, 6.45) is 0. The van der Waals surface area contributed by atoms with Crippen molar-refractivity contribution < 1.29 is 14.5 Å². The number of hydrogen-bond donors (Lipinski definition) is 1. The average Bonchev–Trinajstić information content (AvgIpc) is 2.26. The summed E-state index contributed by atoms with van der Waals surface area (Å²) in [5, 5.41) is 10.9. The molecule has 0 aliphatic carbocycles. The molecule has 92 valence electrons. The highest BCUT2D eigenvalue weighted by atomic mass is 32.2. The number of pyridine rings is 1. The molecule has 17 heavy (non-hydrogen) atoms. The Bertz CT molecular complexity index is 438. The summed E-state index contributed by atoms with van der Waals surface area (Å²) in [4.78, 5) is 24.8. The van der Waals surface area contributed by atoms with Crippen molar-refractivity contribution >= 4 is 29.2 Å². The van der Waals surface area contributed by atoms with Crippen LogP contribution < -0.4 is 5.73 Å².